The van der Waals surface area contributed by atoms with Crippen LogP contribution >= 0.6 is 15.9 Å². The maximum Gasteiger partial charge on any atom is 0.407 e. The van der Waals surface area contributed by atoms with Gasteiger partial charge in [-0.3, -0.25) is 0 Å². The third kappa shape index (κ3) is 12.0. The summed E-state index contributed by atoms with van der Waals surface area (Å²) in [5.74, 6) is 0. The number of carbonyl (C=O) groups is 1. The highest BCUT2D eigenvalue weighted by molar-refractivity contribution is 9.09. The van der Waals surface area contributed by atoms with Crippen LogP contribution in [0.1, 0.15) is 57.6 Å². The molecule has 4 nitrogen and oxygen atoms in total. The number of ether oxygens (including phenoxy) is 2. The Morgan fingerprint density at radius 3 is 2.32 bits per heavy atom. The van der Waals surface area contributed by atoms with E-state index in [0.717, 1.165) is 24.8 Å². The molecule has 0 aliphatic heterocycles. The molecule has 1 aromatic carbocycles. The van der Waals surface area contributed by atoms with Crippen LogP contribution < -0.4 is 5.32 Å². The van der Waals surface area contributed by atoms with Gasteiger partial charge < -0.3 is 14.8 Å². The van der Waals surface area contributed by atoms with Crippen LogP contribution in [0.5, 0.6) is 0 Å². The summed E-state index contributed by atoms with van der Waals surface area (Å²) >= 11 is 3.44. The number of unbranched alkanes of at least 4 members (excludes halogenated alkanes) is 3. The standard InChI is InChI=1S/C20H32BrNO3/c1-20(2,3)25-19(23)22-14-12-17-8-10-18(11-9-17)16-24-15-7-5-4-6-13-21/h8-11H,4-7,12-16H2,1-3H3,(H,22,23). The van der Waals surface area contributed by atoms with Gasteiger partial charge in [0.05, 0.1) is 6.61 Å². The van der Waals surface area contributed by atoms with E-state index in [0.29, 0.717) is 13.2 Å². The molecule has 5 heteroatoms. The molecule has 1 aromatic rings. The lowest BCUT2D eigenvalue weighted by molar-refractivity contribution is 0.0528. The van der Waals surface area contributed by atoms with Gasteiger partial charge in [-0.15, -0.1) is 0 Å². The summed E-state index contributed by atoms with van der Waals surface area (Å²) < 4.78 is 10.9. The van der Waals surface area contributed by atoms with Crippen molar-refractivity contribution in [2.75, 3.05) is 18.5 Å². The van der Waals surface area contributed by atoms with E-state index in [1.54, 1.807) is 0 Å². The summed E-state index contributed by atoms with van der Waals surface area (Å²) in [7, 11) is 0. The predicted molar refractivity (Wildman–Crippen MR) is 106 cm³/mol. The molecular weight excluding hydrogens is 382 g/mol. The molecule has 0 aliphatic carbocycles. The molecule has 1 rings (SSSR count). The minimum atomic E-state index is -0.459. The summed E-state index contributed by atoms with van der Waals surface area (Å²) in [5, 5.41) is 3.87. The molecule has 1 N–H and O–H groups in total. The number of halogens is 1. The van der Waals surface area contributed by atoms with E-state index in [1.807, 2.05) is 20.8 Å². The second-order valence-electron chi connectivity index (χ2n) is 7.15. The van der Waals surface area contributed by atoms with Gasteiger partial charge in [-0.2, -0.15) is 0 Å². The number of rotatable bonds is 11. The number of carbonyl (C=O) groups excluding carboxylic acids is 1. The third-order valence-electron chi connectivity index (χ3n) is 3.55. The Hall–Kier alpha value is -1.07. The normalized spacial score (nSPS) is 11.4. The number of alkyl halides is 1. The van der Waals surface area contributed by atoms with E-state index in [1.165, 1.54) is 30.4 Å². The minimum absolute atomic E-state index is 0.367. The zero-order valence-electron chi connectivity index (χ0n) is 15.8. The molecular formula is C20H32BrNO3. The van der Waals surface area contributed by atoms with Crippen LogP contribution in [-0.2, 0) is 22.5 Å². The molecule has 0 radical (unpaired) electrons. The molecule has 25 heavy (non-hydrogen) atoms. The fourth-order valence-electron chi connectivity index (χ4n) is 2.27. The van der Waals surface area contributed by atoms with Crippen LogP contribution in [-0.4, -0.2) is 30.2 Å². The van der Waals surface area contributed by atoms with Crippen molar-refractivity contribution in [3.63, 3.8) is 0 Å². The minimum Gasteiger partial charge on any atom is -0.444 e. The number of hydrogen-bond donors (Lipinski definition) is 1. The number of alkyl carbamates (subject to hydrolysis) is 1. The van der Waals surface area contributed by atoms with Crippen molar-refractivity contribution < 1.29 is 14.3 Å². The molecule has 0 fully saturated rings. The van der Waals surface area contributed by atoms with Gasteiger partial charge >= 0.3 is 6.09 Å². The van der Waals surface area contributed by atoms with Gasteiger partial charge in [0.15, 0.2) is 0 Å². The van der Waals surface area contributed by atoms with Gasteiger partial charge in [0.2, 0.25) is 0 Å². The van der Waals surface area contributed by atoms with E-state index in [4.69, 9.17) is 9.47 Å². The molecule has 0 spiro atoms. The first-order valence-electron chi connectivity index (χ1n) is 9.09. The van der Waals surface area contributed by atoms with Gasteiger partial charge in [0.25, 0.3) is 0 Å². The predicted octanol–water partition coefficient (Wildman–Crippen LogP) is 5.23. The van der Waals surface area contributed by atoms with Crippen LogP contribution in [0.25, 0.3) is 0 Å². The monoisotopic (exact) mass is 413 g/mol. The van der Waals surface area contributed by atoms with Crippen molar-refractivity contribution in [2.45, 2.75) is 65.1 Å². The molecule has 0 atom stereocenters. The van der Waals surface area contributed by atoms with E-state index in [9.17, 15) is 4.79 Å². The SMILES string of the molecule is CC(C)(C)OC(=O)NCCc1ccc(COCCCCCCBr)cc1. The van der Waals surface area contributed by atoms with E-state index in [-0.39, 0.29) is 6.09 Å². The Bertz CT molecular complexity index is 483. The topological polar surface area (TPSA) is 47.6 Å². The van der Waals surface area contributed by atoms with Crippen molar-refractivity contribution in [1.82, 2.24) is 5.32 Å². The lowest BCUT2D eigenvalue weighted by Crippen LogP contribution is -2.33. The summed E-state index contributed by atoms with van der Waals surface area (Å²) in [6, 6.07) is 8.36. The number of amides is 1. The quantitative estimate of drug-likeness (QED) is 0.399. The Labute approximate surface area is 160 Å². The highest BCUT2D eigenvalue weighted by Crippen LogP contribution is 2.09. The Morgan fingerprint density at radius 2 is 1.68 bits per heavy atom. The van der Waals surface area contributed by atoms with Gasteiger partial charge in [0.1, 0.15) is 5.60 Å². The zero-order chi connectivity index (χ0) is 18.5. The van der Waals surface area contributed by atoms with E-state index >= 15 is 0 Å². The van der Waals surface area contributed by atoms with Crippen LogP contribution in [0.4, 0.5) is 4.79 Å². The van der Waals surface area contributed by atoms with Crippen molar-refractivity contribution >= 4 is 22.0 Å². The molecule has 1 amide bonds. The van der Waals surface area contributed by atoms with Crippen molar-refractivity contribution in [3.05, 3.63) is 35.4 Å². The van der Waals surface area contributed by atoms with E-state index < -0.39 is 5.60 Å². The average molecular weight is 414 g/mol. The largest absolute Gasteiger partial charge is 0.444 e. The number of benzene rings is 1. The maximum absolute atomic E-state index is 11.6. The summed E-state index contributed by atoms with van der Waals surface area (Å²) in [6.07, 6.45) is 5.28. The molecule has 0 aliphatic rings. The molecule has 0 saturated heterocycles. The van der Waals surface area contributed by atoms with Crippen molar-refractivity contribution in [1.29, 1.82) is 0 Å². The summed E-state index contributed by atoms with van der Waals surface area (Å²) in [4.78, 5) is 11.6. The molecule has 0 aromatic heterocycles. The highest BCUT2D eigenvalue weighted by Gasteiger charge is 2.15. The van der Waals surface area contributed by atoms with E-state index in [2.05, 4.69) is 45.5 Å². The smallest absolute Gasteiger partial charge is 0.407 e. The first kappa shape index (κ1) is 22.0. The Morgan fingerprint density at radius 1 is 1.04 bits per heavy atom. The lowest BCUT2D eigenvalue weighted by Gasteiger charge is -2.19. The fourth-order valence-corrected chi connectivity index (χ4v) is 2.66. The fraction of sp³-hybridized carbons (Fsp3) is 0.650. The van der Waals surface area contributed by atoms with Crippen LogP contribution in [0.15, 0.2) is 24.3 Å². The molecule has 142 valence electrons. The molecule has 0 bridgehead atoms. The lowest BCUT2D eigenvalue weighted by atomic mass is 10.1. The first-order chi connectivity index (χ1) is 11.9. The van der Waals surface area contributed by atoms with Gasteiger partial charge in [-0.1, -0.05) is 53.0 Å². The second-order valence-corrected chi connectivity index (χ2v) is 7.94. The molecule has 0 heterocycles. The van der Waals surface area contributed by atoms with Gasteiger partial charge in [-0.05, 0) is 51.2 Å². The Balaban J connectivity index is 2.16. The number of nitrogens with one attached hydrogen (secondary N) is 1. The van der Waals surface area contributed by atoms with Gasteiger partial charge in [-0.25, -0.2) is 4.79 Å². The van der Waals surface area contributed by atoms with Crippen LogP contribution in [0.2, 0.25) is 0 Å². The summed E-state index contributed by atoms with van der Waals surface area (Å²) in [6.45, 7) is 7.63. The molecule has 0 unspecified atom stereocenters. The summed E-state index contributed by atoms with van der Waals surface area (Å²) in [5.41, 5.74) is 1.92. The zero-order valence-corrected chi connectivity index (χ0v) is 17.4. The van der Waals surface area contributed by atoms with Crippen molar-refractivity contribution in [2.24, 2.45) is 0 Å². The van der Waals surface area contributed by atoms with Crippen molar-refractivity contribution in [3.8, 4) is 0 Å². The first-order valence-corrected chi connectivity index (χ1v) is 10.2. The second kappa shape index (κ2) is 12.3. The average Bonchev–Trinajstić information content (AvgIpc) is 2.54. The van der Waals surface area contributed by atoms with Crippen LogP contribution in [0, 0.1) is 0 Å². The Kier molecular flexibility index (Phi) is 10.8. The third-order valence-corrected chi connectivity index (χ3v) is 4.11. The van der Waals surface area contributed by atoms with Crippen LogP contribution in [0.3, 0.4) is 0 Å². The number of hydrogen-bond acceptors (Lipinski definition) is 3. The maximum atomic E-state index is 11.6. The highest BCUT2D eigenvalue weighted by atomic mass is 79.9. The van der Waals surface area contributed by atoms with Gasteiger partial charge in [0, 0.05) is 18.5 Å². The molecule has 0 saturated carbocycles.